The Balaban J connectivity index is 0.000000956. The zero-order chi connectivity index (χ0) is 15.0. The Morgan fingerprint density at radius 2 is 2.15 bits per heavy atom. The van der Waals surface area contributed by atoms with Crippen LogP contribution in [0.25, 0.3) is 5.57 Å². The summed E-state index contributed by atoms with van der Waals surface area (Å²) in [5.74, 6) is -0.527. The van der Waals surface area contributed by atoms with Gasteiger partial charge in [-0.2, -0.15) is 11.3 Å². The summed E-state index contributed by atoms with van der Waals surface area (Å²) >= 11 is 1.53. The minimum absolute atomic E-state index is 0.350. The van der Waals surface area contributed by atoms with Crippen LogP contribution < -0.4 is 5.73 Å². The highest BCUT2D eigenvalue weighted by atomic mass is 32.1. The summed E-state index contributed by atoms with van der Waals surface area (Å²) in [5, 5.41) is 12.1. The van der Waals surface area contributed by atoms with Crippen molar-refractivity contribution in [3.8, 4) is 0 Å². The topological polar surface area (TPSA) is 66.9 Å². The van der Waals surface area contributed by atoms with E-state index in [4.69, 9.17) is 11.1 Å². The average Bonchev–Trinajstić information content (AvgIpc) is 3.01. The first kappa shape index (κ1) is 15.9. The lowest BCUT2D eigenvalue weighted by Gasteiger charge is -2.11. The molecule has 3 N–H and O–H groups in total. The SMILES string of the molecule is C=C.N=C(C1=CCCC=C1)/C(=C\C(N)=O)c1ccsc1. The number of primary amides is 1. The maximum Gasteiger partial charge on any atom is 0.242 e. The third-order valence-electron chi connectivity index (χ3n) is 2.67. The molecule has 0 aliphatic heterocycles. The van der Waals surface area contributed by atoms with Gasteiger partial charge in [-0.15, -0.1) is 13.2 Å². The van der Waals surface area contributed by atoms with Crippen molar-refractivity contribution in [3.63, 3.8) is 0 Å². The van der Waals surface area contributed by atoms with Crippen LogP contribution in [-0.2, 0) is 4.79 Å². The first-order valence-electron chi connectivity index (χ1n) is 6.18. The Bertz CT molecular complexity index is 565. The molecule has 0 fully saturated rings. The van der Waals surface area contributed by atoms with Gasteiger partial charge < -0.3 is 5.73 Å². The van der Waals surface area contributed by atoms with Crippen molar-refractivity contribution < 1.29 is 4.79 Å². The molecule has 0 atom stereocenters. The van der Waals surface area contributed by atoms with Crippen molar-refractivity contribution in [2.75, 3.05) is 0 Å². The number of carbonyl (C=O) groups is 1. The molecule has 1 aromatic rings. The zero-order valence-electron chi connectivity index (χ0n) is 11.3. The monoisotopic (exact) mass is 286 g/mol. The Kier molecular flexibility index (Phi) is 6.40. The highest BCUT2D eigenvalue weighted by molar-refractivity contribution is 7.08. The fraction of sp³-hybridized carbons (Fsp3) is 0.125. The van der Waals surface area contributed by atoms with Crippen molar-refractivity contribution >= 4 is 28.5 Å². The highest BCUT2D eigenvalue weighted by Crippen LogP contribution is 2.24. The van der Waals surface area contributed by atoms with E-state index in [0.29, 0.717) is 11.3 Å². The molecule has 0 saturated carbocycles. The summed E-state index contributed by atoms with van der Waals surface area (Å²) in [4.78, 5) is 11.1. The molecule has 1 heterocycles. The number of allylic oxidation sites excluding steroid dienone is 5. The van der Waals surface area contributed by atoms with Crippen LogP contribution in [0, 0.1) is 5.41 Å². The Labute approximate surface area is 123 Å². The van der Waals surface area contributed by atoms with E-state index in [1.807, 2.05) is 35.1 Å². The molecule has 1 aliphatic rings. The highest BCUT2D eigenvalue weighted by Gasteiger charge is 2.13. The Hall–Kier alpha value is -2.20. The van der Waals surface area contributed by atoms with E-state index in [1.54, 1.807) is 0 Å². The second-order valence-corrected chi connectivity index (χ2v) is 4.77. The van der Waals surface area contributed by atoms with Crippen LogP contribution in [0.4, 0.5) is 0 Å². The first-order valence-corrected chi connectivity index (χ1v) is 7.12. The number of carbonyl (C=O) groups excluding carboxylic acids is 1. The molecule has 0 bridgehead atoms. The number of hydrogen-bond donors (Lipinski definition) is 2. The second-order valence-electron chi connectivity index (χ2n) is 3.99. The van der Waals surface area contributed by atoms with Gasteiger partial charge in [0, 0.05) is 11.6 Å². The minimum atomic E-state index is -0.527. The summed E-state index contributed by atoms with van der Waals surface area (Å²) in [7, 11) is 0. The van der Waals surface area contributed by atoms with Crippen molar-refractivity contribution in [2.45, 2.75) is 12.8 Å². The van der Waals surface area contributed by atoms with Gasteiger partial charge >= 0.3 is 0 Å². The molecule has 20 heavy (non-hydrogen) atoms. The molecule has 0 saturated heterocycles. The molecular weight excluding hydrogens is 268 g/mol. The largest absolute Gasteiger partial charge is 0.366 e. The van der Waals surface area contributed by atoms with Crippen LogP contribution in [0.5, 0.6) is 0 Å². The number of rotatable bonds is 4. The van der Waals surface area contributed by atoms with Crippen molar-refractivity contribution in [3.05, 3.63) is 65.4 Å². The van der Waals surface area contributed by atoms with Gasteiger partial charge in [-0.1, -0.05) is 18.2 Å². The van der Waals surface area contributed by atoms with E-state index in [-0.39, 0.29) is 0 Å². The summed E-state index contributed by atoms with van der Waals surface area (Å²) in [5.41, 5.74) is 7.87. The normalized spacial score (nSPS) is 14.0. The maximum atomic E-state index is 11.1. The first-order chi connectivity index (χ1) is 9.68. The van der Waals surface area contributed by atoms with Crippen molar-refractivity contribution in [1.82, 2.24) is 0 Å². The summed E-state index contributed by atoms with van der Waals surface area (Å²) in [6.45, 7) is 6.00. The standard InChI is InChI=1S/C14H14N2OS.C2H4/c15-13(17)8-12(11-6-7-18-9-11)14(16)10-4-2-1-3-5-10;1-2/h2,4-9,16H,1,3H2,(H2,15,17);1-2H2/b12-8-,16-14?;. The number of nitrogens with two attached hydrogens (primary N) is 1. The predicted molar refractivity (Wildman–Crippen MR) is 86.9 cm³/mol. The van der Waals surface area contributed by atoms with E-state index >= 15 is 0 Å². The third kappa shape index (κ3) is 4.17. The Morgan fingerprint density at radius 1 is 1.40 bits per heavy atom. The molecule has 0 unspecified atom stereocenters. The van der Waals surface area contributed by atoms with Gasteiger partial charge in [0.25, 0.3) is 0 Å². The maximum absolute atomic E-state index is 11.1. The lowest BCUT2D eigenvalue weighted by Crippen LogP contribution is -2.11. The van der Waals surface area contributed by atoms with Crippen LogP contribution in [0.2, 0.25) is 0 Å². The number of thiophene rings is 1. The van der Waals surface area contributed by atoms with E-state index in [2.05, 4.69) is 13.2 Å². The summed E-state index contributed by atoms with van der Waals surface area (Å²) in [6, 6.07) is 1.89. The number of hydrogen-bond acceptors (Lipinski definition) is 3. The van der Waals surface area contributed by atoms with Gasteiger partial charge in [-0.05, 0) is 40.8 Å². The molecular formula is C16H18N2OS. The molecule has 4 heteroatoms. The van der Waals surface area contributed by atoms with Crippen LogP contribution in [0.15, 0.2) is 59.9 Å². The molecule has 1 aromatic heterocycles. The van der Waals surface area contributed by atoms with Gasteiger partial charge in [-0.3, -0.25) is 10.2 Å². The molecule has 1 aliphatic carbocycles. The van der Waals surface area contributed by atoms with Gasteiger partial charge in [-0.25, -0.2) is 0 Å². The predicted octanol–water partition coefficient (Wildman–Crippen LogP) is 3.72. The van der Waals surface area contributed by atoms with Crippen LogP contribution in [-0.4, -0.2) is 11.6 Å². The van der Waals surface area contributed by atoms with E-state index in [0.717, 1.165) is 24.0 Å². The lowest BCUT2D eigenvalue weighted by atomic mass is 9.94. The van der Waals surface area contributed by atoms with E-state index in [1.165, 1.54) is 17.4 Å². The molecule has 3 nitrogen and oxygen atoms in total. The van der Waals surface area contributed by atoms with Gasteiger partial charge in [0.2, 0.25) is 5.91 Å². The summed E-state index contributed by atoms with van der Waals surface area (Å²) < 4.78 is 0. The fourth-order valence-corrected chi connectivity index (χ4v) is 2.47. The number of nitrogens with one attached hydrogen (secondary N) is 1. The molecule has 0 radical (unpaired) electrons. The molecule has 0 aromatic carbocycles. The molecule has 2 rings (SSSR count). The summed E-state index contributed by atoms with van der Waals surface area (Å²) in [6.07, 6.45) is 9.25. The number of amides is 1. The van der Waals surface area contributed by atoms with Crippen LogP contribution >= 0.6 is 11.3 Å². The van der Waals surface area contributed by atoms with Crippen molar-refractivity contribution in [1.29, 1.82) is 5.41 Å². The molecule has 104 valence electrons. The van der Waals surface area contributed by atoms with Crippen molar-refractivity contribution in [2.24, 2.45) is 5.73 Å². The smallest absolute Gasteiger partial charge is 0.242 e. The molecule has 1 amide bonds. The average molecular weight is 286 g/mol. The van der Waals surface area contributed by atoms with Crippen LogP contribution in [0.3, 0.4) is 0 Å². The second kappa shape index (κ2) is 8.07. The van der Waals surface area contributed by atoms with Gasteiger partial charge in [0.05, 0.1) is 5.71 Å². The van der Waals surface area contributed by atoms with Gasteiger partial charge in [0.15, 0.2) is 0 Å². The van der Waals surface area contributed by atoms with E-state index in [9.17, 15) is 4.79 Å². The van der Waals surface area contributed by atoms with Crippen LogP contribution in [0.1, 0.15) is 18.4 Å². The minimum Gasteiger partial charge on any atom is -0.366 e. The third-order valence-corrected chi connectivity index (χ3v) is 3.36. The zero-order valence-corrected chi connectivity index (χ0v) is 12.1. The Morgan fingerprint density at radius 3 is 2.65 bits per heavy atom. The van der Waals surface area contributed by atoms with Gasteiger partial charge in [0.1, 0.15) is 0 Å². The fourth-order valence-electron chi connectivity index (χ4n) is 1.81. The lowest BCUT2D eigenvalue weighted by molar-refractivity contribution is -0.113. The van der Waals surface area contributed by atoms with E-state index < -0.39 is 5.91 Å². The molecule has 0 spiro atoms. The quantitative estimate of drug-likeness (QED) is 0.494.